The van der Waals surface area contributed by atoms with Gasteiger partial charge in [-0.2, -0.15) is 0 Å². The van der Waals surface area contributed by atoms with Gasteiger partial charge in [0.1, 0.15) is 18.6 Å². The molecule has 0 bridgehead atoms. The highest BCUT2D eigenvalue weighted by Gasteiger charge is 2.19. The molecule has 1 aromatic rings. The summed E-state index contributed by atoms with van der Waals surface area (Å²) in [7, 11) is 2.16. The molecule has 3 heteroatoms. The van der Waals surface area contributed by atoms with E-state index in [0.717, 1.165) is 25.2 Å². The van der Waals surface area contributed by atoms with Crippen LogP contribution in [0.2, 0.25) is 0 Å². The number of nitrogens with zero attached hydrogens (tertiary/aromatic N) is 1. The Balaban J connectivity index is 1.85. The molecule has 0 saturated carbocycles. The third kappa shape index (κ3) is 3.30. The highest BCUT2D eigenvalue weighted by atomic mass is 16.5. The molecule has 1 atom stereocenters. The van der Waals surface area contributed by atoms with Crippen molar-refractivity contribution in [3.05, 3.63) is 29.8 Å². The Morgan fingerprint density at radius 3 is 2.76 bits per heavy atom. The van der Waals surface area contributed by atoms with E-state index in [1.54, 1.807) is 12.1 Å². The van der Waals surface area contributed by atoms with Crippen LogP contribution in [-0.4, -0.2) is 37.4 Å². The van der Waals surface area contributed by atoms with Crippen molar-refractivity contribution in [3.8, 4) is 5.75 Å². The molecule has 1 aromatic carbocycles. The van der Waals surface area contributed by atoms with Crippen LogP contribution in [0.25, 0.3) is 0 Å². The molecule has 3 nitrogen and oxygen atoms in total. The van der Waals surface area contributed by atoms with Crippen molar-refractivity contribution in [1.82, 2.24) is 4.90 Å². The summed E-state index contributed by atoms with van der Waals surface area (Å²) in [6.45, 7) is 1.90. The van der Waals surface area contributed by atoms with E-state index < -0.39 is 0 Å². The molecule has 0 radical (unpaired) electrons. The molecule has 1 unspecified atom stereocenters. The molecular formula is C14H19NO2. The highest BCUT2D eigenvalue weighted by molar-refractivity contribution is 5.74. The fourth-order valence-electron chi connectivity index (χ4n) is 2.19. The monoisotopic (exact) mass is 233 g/mol. The lowest BCUT2D eigenvalue weighted by Gasteiger charge is -2.32. The van der Waals surface area contributed by atoms with Crippen LogP contribution in [0, 0.1) is 0 Å². The molecule has 0 spiro atoms. The van der Waals surface area contributed by atoms with Gasteiger partial charge in [-0.3, -0.25) is 4.79 Å². The van der Waals surface area contributed by atoms with Gasteiger partial charge in [-0.05, 0) is 50.7 Å². The number of hydrogen-bond donors (Lipinski definition) is 0. The van der Waals surface area contributed by atoms with Crippen LogP contribution in [0.5, 0.6) is 5.75 Å². The highest BCUT2D eigenvalue weighted by Crippen LogP contribution is 2.17. The minimum absolute atomic E-state index is 0.523. The standard InChI is InChI=1S/C14H19NO2/c1-15-9-3-2-4-13(15)11-17-14-7-5-12(10-16)6-8-14/h5-8,10,13H,2-4,9,11H2,1H3. The number of hydrogen-bond acceptors (Lipinski definition) is 3. The third-order valence-corrected chi connectivity index (χ3v) is 3.38. The third-order valence-electron chi connectivity index (χ3n) is 3.38. The van der Waals surface area contributed by atoms with Gasteiger partial charge >= 0.3 is 0 Å². The summed E-state index contributed by atoms with van der Waals surface area (Å²) in [5.41, 5.74) is 0.687. The summed E-state index contributed by atoms with van der Waals surface area (Å²) in [5.74, 6) is 0.842. The number of ether oxygens (including phenoxy) is 1. The lowest BCUT2D eigenvalue weighted by atomic mass is 10.0. The summed E-state index contributed by atoms with van der Waals surface area (Å²) in [6.07, 6.45) is 4.64. The topological polar surface area (TPSA) is 29.5 Å². The van der Waals surface area contributed by atoms with Crippen molar-refractivity contribution < 1.29 is 9.53 Å². The van der Waals surface area contributed by atoms with Gasteiger partial charge in [-0.1, -0.05) is 6.42 Å². The van der Waals surface area contributed by atoms with Gasteiger partial charge in [0.25, 0.3) is 0 Å². The van der Waals surface area contributed by atoms with Crippen molar-refractivity contribution >= 4 is 6.29 Å². The lowest BCUT2D eigenvalue weighted by Crippen LogP contribution is -2.40. The summed E-state index contributed by atoms with van der Waals surface area (Å²) < 4.78 is 5.76. The first kappa shape index (κ1) is 12.1. The first-order chi connectivity index (χ1) is 8.29. The predicted molar refractivity (Wildman–Crippen MR) is 67.6 cm³/mol. The quantitative estimate of drug-likeness (QED) is 0.748. The second-order valence-electron chi connectivity index (χ2n) is 4.63. The number of benzene rings is 1. The van der Waals surface area contributed by atoms with Crippen LogP contribution in [-0.2, 0) is 0 Å². The van der Waals surface area contributed by atoms with Crippen LogP contribution in [0.15, 0.2) is 24.3 Å². The van der Waals surface area contributed by atoms with E-state index in [4.69, 9.17) is 4.74 Å². The maximum absolute atomic E-state index is 10.5. The molecule has 0 N–H and O–H groups in total. The SMILES string of the molecule is CN1CCCCC1COc1ccc(C=O)cc1. The smallest absolute Gasteiger partial charge is 0.150 e. The molecule has 0 amide bonds. The van der Waals surface area contributed by atoms with Crippen LogP contribution >= 0.6 is 0 Å². The molecule has 1 aliphatic rings. The number of aldehydes is 1. The van der Waals surface area contributed by atoms with Crippen LogP contribution in [0.4, 0.5) is 0 Å². The Morgan fingerprint density at radius 2 is 2.12 bits per heavy atom. The van der Waals surface area contributed by atoms with E-state index in [1.165, 1.54) is 19.3 Å². The van der Waals surface area contributed by atoms with Gasteiger partial charge in [0.15, 0.2) is 0 Å². The predicted octanol–water partition coefficient (Wildman–Crippen LogP) is 2.36. The Kier molecular flexibility index (Phi) is 4.15. The lowest BCUT2D eigenvalue weighted by molar-refractivity contribution is 0.112. The zero-order valence-corrected chi connectivity index (χ0v) is 10.3. The molecule has 0 aliphatic carbocycles. The van der Waals surface area contributed by atoms with E-state index >= 15 is 0 Å². The van der Waals surface area contributed by atoms with Crippen molar-refractivity contribution in [3.63, 3.8) is 0 Å². The van der Waals surface area contributed by atoms with Crippen LogP contribution in [0.1, 0.15) is 29.6 Å². The zero-order chi connectivity index (χ0) is 12.1. The first-order valence-electron chi connectivity index (χ1n) is 6.18. The maximum Gasteiger partial charge on any atom is 0.150 e. The van der Waals surface area contributed by atoms with Gasteiger partial charge in [0.05, 0.1) is 0 Å². The normalized spacial score (nSPS) is 21.1. The molecule has 0 aromatic heterocycles. The van der Waals surface area contributed by atoms with Crippen molar-refractivity contribution in [2.24, 2.45) is 0 Å². The average Bonchev–Trinajstić information content (AvgIpc) is 2.38. The second kappa shape index (κ2) is 5.82. The minimum atomic E-state index is 0.523. The molecule has 1 heterocycles. The summed E-state index contributed by atoms with van der Waals surface area (Å²) in [6, 6.07) is 7.80. The van der Waals surface area contributed by atoms with E-state index in [1.807, 2.05) is 12.1 Å². The summed E-state index contributed by atoms with van der Waals surface area (Å²) in [4.78, 5) is 12.9. The number of carbonyl (C=O) groups excluding carboxylic acids is 1. The summed E-state index contributed by atoms with van der Waals surface area (Å²) >= 11 is 0. The summed E-state index contributed by atoms with van der Waals surface area (Å²) in [5, 5.41) is 0. The molecule has 92 valence electrons. The molecule has 17 heavy (non-hydrogen) atoms. The van der Waals surface area contributed by atoms with E-state index in [2.05, 4.69) is 11.9 Å². The average molecular weight is 233 g/mol. The number of likely N-dealkylation sites (tertiary alicyclic amines) is 1. The zero-order valence-electron chi connectivity index (χ0n) is 10.3. The van der Waals surface area contributed by atoms with Crippen molar-refractivity contribution in [1.29, 1.82) is 0 Å². The number of piperidine rings is 1. The van der Waals surface area contributed by atoms with Gasteiger partial charge < -0.3 is 9.64 Å². The van der Waals surface area contributed by atoms with Crippen molar-refractivity contribution in [2.75, 3.05) is 20.2 Å². The van der Waals surface area contributed by atoms with Gasteiger partial charge in [-0.15, -0.1) is 0 Å². The Morgan fingerprint density at radius 1 is 1.35 bits per heavy atom. The van der Waals surface area contributed by atoms with Gasteiger partial charge in [-0.25, -0.2) is 0 Å². The Labute approximate surface area is 102 Å². The number of carbonyl (C=O) groups is 1. The van der Waals surface area contributed by atoms with E-state index in [9.17, 15) is 4.79 Å². The molecule has 1 fully saturated rings. The molecule has 1 aliphatic heterocycles. The van der Waals surface area contributed by atoms with Gasteiger partial charge in [0, 0.05) is 11.6 Å². The van der Waals surface area contributed by atoms with Gasteiger partial charge in [0.2, 0.25) is 0 Å². The van der Waals surface area contributed by atoms with Crippen molar-refractivity contribution in [2.45, 2.75) is 25.3 Å². The van der Waals surface area contributed by atoms with E-state index in [0.29, 0.717) is 11.6 Å². The molecular weight excluding hydrogens is 214 g/mol. The number of rotatable bonds is 4. The first-order valence-corrected chi connectivity index (χ1v) is 6.18. The van der Waals surface area contributed by atoms with E-state index in [-0.39, 0.29) is 0 Å². The molecule has 2 rings (SSSR count). The van der Waals surface area contributed by atoms with Crippen LogP contribution in [0.3, 0.4) is 0 Å². The van der Waals surface area contributed by atoms with Crippen LogP contribution < -0.4 is 4.74 Å². The molecule has 1 saturated heterocycles. The Bertz CT molecular complexity index is 361. The number of likely N-dealkylation sites (N-methyl/N-ethyl adjacent to an activating group) is 1. The second-order valence-corrected chi connectivity index (χ2v) is 4.63. The largest absolute Gasteiger partial charge is 0.492 e. The minimum Gasteiger partial charge on any atom is -0.492 e. The fourth-order valence-corrected chi connectivity index (χ4v) is 2.19. The fraction of sp³-hybridized carbons (Fsp3) is 0.500. The Hall–Kier alpha value is -1.35. The maximum atomic E-state index is 10.5.